The van der Waals surface area contributed by atoms with Crippen molar-refractivity contribution in [2.24, 2.45) is 7.05 Å². The fraction of sp³-hybridized carbons (Fsp3) is 0.316. The monoisotopic (exact) mass is 297 g/mol. The summed E-state index contributed by atoms with van der Waals surface area (Å²) in [4.78, 5) is 10.7. The lowest BCUT2D eigenvalue weighted by molar-refractivity contribution is -0.131. The number of benzene rings is 1. The van der Waals surface area contributed by atoms with Crippen LogP contribution in [0.3, 0.4) is 0 Å². The van der Waals surface area contributed by atoms with Crippen LogP contribution in [-0.4, -0.2) is 15.6 Å². The van der Waals surface area contributed by atoms with Gasteiger partial charge in [0.15, 0.2) is 0 Å². The van der Waals surface area contributed by atoms with E-state index >= 15 is 0 Å². The van der Waals surface area contributed by atoms with E-state index in [4.69, 9.17) is 5.11 Å². The quantitative estimate of drug-likeness (QED) is 0.585. The summed E-state index contributed by atoms with van der Waals surface area (Å²) < 4.78 is 2.02. The zero-order chi connectivity index (χ0) is 15.9. The summed E-state index contributed by atoms with van der Waals surface area (Å²) in [6, 6.07) is 6.30. The molecule has 0 unspecified atom stereocenters. The summed E-state index contributed by atoms with van der Waals surface area (Å²) in [5.41, 5.74) is 3.19. The fourth-order valence-corrected chi connectivity index (χ4v) is 2.57. The molecule has 22 heavy (non-hydrogen) atoms. The number of carbonyl (C=O) groups is 1. The highest BCUT2D eigenvalue weighted by molar-refractivity contribution is 5.94. The van der Waals surface area contributed by atoms with E-state index in [1.54, 1.807) is 6.08 Å². The van der Waals surface area contributed by atoms with E-state index in [-0.39, 0.29) is 0 Å². The molecule has 0 aliphatic carbocycles. The Kier molecular flexibility index (Phi) is 5.59. The van der Waals surface area contributed by atoms with Crippen molar-refractivity contribution in [3.63, 3.8) is 0 Å². The lowest BCUT2D eigenvalue weighted by Crippen LogP contribution is -1.85. The predicted octanol–water partition coefficient (Wildman–Crippen LogP) is 4.87. The molecule has 2 aromatic rings. The van der Waals surface area contributed by atoms with E-state index in [2.05, 4.69) is 37.3 Å². The Balaban J connectivity index is 2.24. The summed E-state index contributed by atoms with van der Waals surface area (Å²) in [5, 5.41) is 9.87. The highest BCUT2D eigenvalue weighted by Gasteiger charge is 2.05. The van der Waals surface area contributed by atoms with Crippen LogP contribution in [0.25, 0.3) is 23.1 Å². The average molecular weight is 297 g/mol. The van der Waals surface area contributed by atoms with Gasteiger partial charge in [-0.25, -0.2) is 4.79 Å². The van der Waals surface area contributed by atoms with Crippen LogP contribution in [0.4, 0.5) is 0 Å². The molecule has 0 bridgehead atoms. The summed E-state index contributed by atoms with van der Waals surface area (Å²) in [7, 11) is 1.97. The third kappa shape index (κ3) is 4.10. The smallest absolute Gasteiger partial charge is 0.328 e. The predicted molar refractivity (Wildman–Crippen MR) is 92.8 cm³/mol. The van der Waals surface area contributed by atoms with E-state index in [9.17, 15) is 4.79 Å². The first-order chi connectivity index (χ1) is 10.6. The van der Waals surface area contributed by atoms with Crippen molar-refractivity contribution < 1.29 is 9.90 Å². The molecular weight excluding hydrogens is 274 g/mol. The SMILES string of the molecule is CCCCC/C=C/c1ccc2c(c1)c(/C=C\C(=O)O)cn2C. The van der Waals surface area contributed by atoms with Crippen LogP contribution >= 0.6 is 0 Å². The van der Waals surface area contributed by atoms with E-state index in [1.807, 2.05) is 17.8 Å². The largest absolute Gasteiger partial charge is 0.478 e. The first-order valence-electron chi connectivity index (χ1n) is 7.78. The lowest BCUT2D eigenvalue weighted by atomic mass is 10.1. The van der Waals surface area contributed by atoms with Crippen LogP contribution in [0.5, 0.6) is 0 Å². The zero-order valence-electron chi connectivity index (χ0n) is 13.2. The van der Waals surface area contributed by atoms with E-state index in [0.717, 1.165) is 28.5 Å². The number of nitrogens with zero attached hydrogens (tertiary/aromatic N) is 1. The minimum Gasteiger partial charge on any atom is -0.478 e. The summed E-state index contributed by atoms with van der Waals surface area (Å²) >= 11 is 0. The summed E-state index contributed by atoms with van der Waals surface area (Å²) in [5.74, 6) is -0.927. The normalized spacial score (nSPS) is 11.9. The van der Waals surface area contributed by atoms with Crippen LogP contribution in [0.2, 0.25) is 0 Å². The molecule has 0 spiro atoms. The van der Waals surface area contributed by atoms with Gasteiger partial charge in [-0.2, -0.15) is 0 Å². The van der Waals surface area contributed by atoms with Crippen molar-refractivity contribution in [2.75, 3.05) is 0 Å². The fourth-order valence-electron chi connectivity index (χ4n) is 2.57. The maximum Gasteiger partial charge on any atom is 0.328 e. The second-order valence-electron chi connectivity index (χ2n) is 5.54. The Morgan fingerprint density at radius 2 is 2.09 bits per heavy atom. The van der Waals surface area contributed by atoms with Gasteiger partial charge < -0.3 is 9.67 Å². The van der Waals surface area contributed by atoms with Gasteiger partial charge in [0, 0.05) is 35.8 Å². The molecule has 3 nitrogen and oxygen atoms in total. The Bertz CT molecular complexity index is 708. The molecule has 0 aliphatic heterocycles. The van der Waals surface area contributed by atoms with Gasteiger partial charge in [0.25, 0.3) is 0 Å². The Morgan fingerprint density at radius 3 is 2.82 bits per heavy atom. The lowest BCUT2D eigenvalue weighted by Gasteiger charge is -1.99. The number of hydrogen-bond donors (Lipinski definition) is 1. The number of rotatable bonds is 7. The van der Waals surface area contributed by atoms with Gasteiger partial charge in [-0.1, -0.05) is 38.0 Å². The number of aliphatic carboxylic acids is 1. The molecule has 3 heteroatoms. The second-order valence-corrected chi connectivity index (χ2v) is 5.54. The number of aryl methyl sites for hydroxylation is 1. The molecule has 0 radical (unpaired) electrons. The van der Waals surface area contributed by atoms with Crippen molar-refractivity contribution >= 4 is 29.0 Å². The van der Waals surface area contributed by atoms with Crippen molar-refractivity contribution in [1.82, 2.24) is 4.57 Å². The van der Waals surface area contributed by atoms with Crippen LogP contribution in [0.1, 0.15) is 43.7 Å². The number of unbranched alkanes of at least 4 members (excludes halogenated alkanes) is 3. The van der Waals surface area contributed by atoms with Crippen molar-refractivity contribution in [1.29, 1.82) is 0 Å². The van der Waals surface area contributed by atoms with E-state index in [1.165, 1.54) is 25.3 Å². The molecule has 1 aromatic heterocycles. The molecule has 0 aliphatic rings. The van der Waals surface area contributed by atoms with Crippen LogP contribution < -0.4 is 0 Å². The topological polar surface area (TPSA) is 42.2 Å². The molecule has 0 atom stereocenters. The number of allylic oxidation sites excluding steroid dienone is 1. The van der Waals surface area contributed by atoms with Gasteiger partial charge in [0.1, 0.15) is 0 Å². The third-order valence-corrected chi connectivity index (χ3v) is 3.73. The maximum absolute atomic E-state index is 10.7. The molecule has 0 saturated heterocycles. The zero-order valence-corrected chi connectivity index (χ0v) is 13.2. The van der Waals surface area contributed by atoms with Crippen molar-refractivity contribution in [2.45, 2.75) is 32.6 Å². The molecule has 1 N–H and O–H groups in total. The molecule has 0 fully saturated rings. The first kappa shape index (κ1) is 16.1. The second kappa shape index (κ2) is 7.64. The standard InChI is InChI=1S/C19H23NO2/c1-3-4-5-6-7-8-15-9-11-18-17(13-15)16(14-20(18)2)10-12-19(21)22/h7-14H,3-6H2,1-2H3,(H,21,22)/b8-7+,12-10-. The van der Waals surface area contributed by atoms with Crippen LogP contribution in [0, 0.1) is 0 Å². The molecule has 0 amide bonds. The number of aromatic nitrogens is 1. The van der Waals surface area contributed by atoms with Gasteiger partial charge in [-0.3, -0.25) is 0 Å². The number of hydrogen-bond acceptors (Lipinski definition) is 1. The molecule has 1 aromatic carbocycles. The molecule has 1 heterocycles. The van der Waals surface area contributed by atoms with Crippen LogP contribution in [0.15, 0.2) is 36.5 Å². The Labute approximate surface area is 131 Å². The van der Waals surface area contributed by atoms with E-state index < -0.39 is 5.97 Å². The minimum atomic E-state index is -0.927. The van der Waals surface area contributed by atoms with Gasteiger partial charge in [-0.15, -0.1) is 0 Å². The molecule has 116 valence electrons. The number of fused-ring (bicyclic) bond motifs is 1. The van der Waals surface area contributed by atoms with E-state index in [0.29, 0.717) is 0 Å². The van der Waals surface area contributed by atoms with Gasteiger partial charge >= 0.3 is 5.97 Å². The number of carboxylic acid groups (broad SMARTS) is 1. The van der Waals surface area contributed by atoms with Gasteiger partial charge in [0.05, 0.1) is 0 Å². The van der Waals surface area contributed by atoms with Crippen molar-refractivity contribution in [3.05, 3.63) is 47.7 Å². The van der Waals surface area contributed by atoms with Crippen LogP contribution in [-0.2, 0) is 11.8 Å². The highest BCUT2D eigenvalue weighted by atomic mass is 16.4. The number of carboxylic acids is 1. The van der Waals surface area contributed by atoms with Crippen molar-refractivity contribution in [3.8, 4) is 0 Å². The highest BCUT2D eigenvalue weighted by Crippen LogP contribution is 2.24. The molecule has 2 rings (SSSR count). The van der Waals surface area contributed by atoms with Gasteiger partial charge in [0.2, 0.25) is 0 Å². The summed E-state index contributed by atoms with van der Waals surface area (Å²) in [6.45, 7) is 2.21. The first-order valence-corrected chi connectivity index (χ1v) is 7.78. The molecular formula is C19H23NO2. The Hall–Kier alpha value is -2.29. The van der Waals surface area contributed by atoms with Gasteiger partial charge in [-0.05, 0) is 36.6 Å². The summed E-state index contributed by atoms with van der Waals surface area (Å²) in [6.07, 6.45) is 14.0. The Morgan fingerprint density at radius 1 is 1.27 bits per heavy atom. The average Bonchev–Trinajstić information content (AvgIpc) is 2.81. The minimum absolute atomic E-state index is 0.927. The molecule has 0 saturated carbocycles. The third-order valence-electron chi connectivity index (χ3n) is 3.73. The maximum atomic E-state index is 10.7.